The molecular weight excluding hydrogens is 214 g/mol. The van der Waals surface area contributed by atoms with Crippen LogP contribution in [0.15, 0.2) is 22.6 Å². The van der Waals surface area contributed by atoms with Crippen molar-refractivity contribution in [1.82, 2.24) is 4.98 Å². The number of hydrogen-bond donors (Lipinski definition) is 0. The van der Waals surface area contributed by atoms with Crippen LogP contribution in [0.3, 0.4) is 0 Å². The summed E-state index contributed by atoms with van der Waals surface area (Å²) in [5.74, 6) is -0.129. The second-order valence-electron chi connectivity index (χ2n) is 1.54. The summed E-state index contributed by atoms with van der Waals surface area (Å²) in [6, 6.07) is 0. The largest absolute Gasteiger partial charge is 0.287 e. The van der Waals surface area contributed by atoms with Crippen molar-refractivity contribution in [3.05, 3.63) is 27.6 Å². The number of thiazole rings is 1. The summed E-state index contributed by atoms with van der Waals surface area (Å²) in [6.07, 6.45) is 1.26. The zero-order valence-electron chi connectivity index (χ0n) is 5.00. The third-order valence-electron chi connectivity index (χ3n) is 0.872. The molecule has 1 aromatic heterocycles. The van der Waals surface area contributed by atoms with Gasteiger partial charge in [0.1, 0.15) is 4.60 Å². The van der Waals surface area contributed by atoms with Crippen molar-refractivity contribution in [3.63, 3.8) is 0 Å². The molecule has 52 valence electrons. The van der Waals surface area contributed by atoms with Crippen molar-refractivity contribution in [2.75, 3.05) is 0 Å². The van der Waals surface area contributed by atoms with Gasteiger partial charge in [0.25, 0.3) is 0 Å². The lowest BCUT2D eigenvalue weighted by atomic mass is 10.4. The highest BCUT2D eigenvalue weighted by Gasteiger charge is 2.04. The number of carbonyl (C=O) groups is 1. The highest BCUT2D eigenvalue weighted by molar-refractivity contribution is 9.10. The fourth-order valence-electron chi connectivity index (χ4n) is 0.455. The van der Waals surface area contributed by atoms with Crippen LogP contribution in [-0.4, -0.2) is 10.8 Å². The van der Waals surface area contributed by atoms with E-state index < -0.39 is 0 Å². The molecule has 0 aliphatic carbocycles. The summed E-state index contributed by atoms with van der Waals surface area (Å²) in [6.45, 7) is 3.35. The van der Waals surface area contributed by atoms with Gasteiger partial charge < -0.3 is 0 Å². The first-order chi connectivity index (χ1) is 4.74. The van der Waals surface area contributed by atoms with Gasteiger partial charge in [-0.25, -0.2) is 4.98 Å². The molecule has 0 aliphatic heterocycles. The van der Waals surface area contributed by atoms with Crippen molar-refractivity contribution in [2.45, 2.75) is 0 Å². The SMILES string of the molecule is C=CC(=O)c1nc(Br)cs1. The molecule has 0 bridgehead atoms. The van der Waals surface area contributed by atoms with E-state index in [1.807, 2.05) is 0 Å². The molecule has 0 saturated carbocycles. The molecule has 1 rings (SSSR count). The maximum atomic E-state index is 10.8. The molecule has 0 fully saturated rings. The molecule has 0 saturated heterocycles. The lowest BCUT2D eigenvalue weighted by Gasteiger charge is -1.81. The Hall–Kier alpha value is -0.480. The molecule has 10 heavy (non-hydrogen) atoms. The van der Waals surface area contributed by atoms with Crippen LogP contribution < -0.4 is 0 Å². The second kappa shape index (κ2) is 3.07. The minimum Gasteiger partial charge on any atom is -0.287 e. The molecule has 0 radical (unpaired) electrons. The molecule has 0 N–H and O–H groups in total. The lowest BCUT2D eigenvalue weighted by Crippen LogP contribution is -1.90. The fourth-order valence-corrected chi connectivity index (χ4v) is 1.64. The van der Waals surface area contributed by atoms with E-state index in [1.54, 1.807) is 5.38 Å². The molecule has 0 aliphatic rings. The zero-order chi connectivity index (χ0) is 7.56. The maximum absolute atomic E-state index is 10.8. The topological polar surface area (TPSA) is 30.0 Å². The fraction of sp³-hybridized carbons (Fsp3) is 0. The van der Waals surface area contributed by atoms with Crippen LogP contribution in [0.4, 0.5) is 0 Å². The van der Waals surface area contributed by atoms with Crippen LogP contribution in [0.25, 0.3) is 0 Å². The van der Waals surface area contributed by atoms with Gasteiger partial charge in [-0.3, -0.25) is 4.79 Å². The summed E-state index contributed by atoms with van der Waals surface area (Å²) in [5, 5.41) is 2.23. The Morgan fingerprint density at radius 2 is 2.60 bits per heavy atom. The molecule has 0 aromatic carbocycles. The molecular formula is C6H4BrNOS. The van der Waals surface area contributed by atoms with Gasteiger partial charge in [0, 0.05) is 5.38 Å². The van der Waals surface area contributed by atoms with E-state index in [9.17, 15) is 4.79 Å². The highest BCUT2D eigenvalue weighted by atomic mass is 79.9. The average molecular weight is 218 g/mol. The summed E-state index contributed by atoms with van der Waals surface area (Å²) in [4.78, 5) is 14.7. The van der Waals surface area contributed by atoms with Gasteiger partial charge in [0.2, 0.25) is 5.78 Å². The van der Waals surface area contributed by atoms with Crippen molar-refractivity contribution in [1.29, 1.82) is 0 Å². The van der Waals surface area contributed by atoms with Crippen molar-refractivity contribution < 1.29 is 4.79 Å². The maximum Gasteiger partial charge on any atom is 0.213 e. The number of ketones is 1. The van der Waals surface area contributed by atoms with E-state index in [2.05, 4.69) is 27.5 Å². The normalized spacial score (nSPS) is 9.30. The van der Waals surface area contributed by atoms with E-state index in [0.29, 0.717) is 9.61 Å². The minimum absolute atomic E-state index is 0.129. The average Bonchev–Trinajstić information content (AvgIpc) is 2.34. The molecule has 4 heteroatoms. The molecule has 0 spiro atoms. The van der Waals surface area contributed by atoms with Gasteiger partial charge in [-0.2, -0.15) is 0 Å². The predicted octanol–water partition coefficient (Wildman–Crippen LogP) is 2.27. The van der Waals surface area contributed by atoms with E-state index in [-0.39, 0.29) is 5.78 Å². The zero-order valence-corrected chi connectivity index (χ0v) is 7.41. The molecule has 0 unspecified atom stereocenters. The molecule has 0 atom stereocenters. The number of hydrogen-bond acceptors (Lipinski definition) is 3. The van der Waals surface area contributed by atoms with E-state index in [1.165, 1.54) is 17.4 Å². The van der Waals surface area contributed by atoms with Gasteiger partial charge in [0.05, 0.1) is 0 Å². The van der Waals surface area contributed by atoms with Crippen molar-refractivity contribution in [3.8, 4) is 0 Å². The summed E-state index contributed by atoms with van der Waals surface area (Å²) in [7, 11) is 0. The minimum atomic E-state index is -0.129. The molecule has 1 aromatic rings. The lowest BCUT2D eigenvalue weighted by molar-refractivity contribution is 0.104. The third kappa shape index (κ3) is 1.52. The van der Waals surface area contributed by atoms with Crippen LogP contribution in [0.1, 0.15) is 9.80 Å². The summed E-state index contributed by atoms with van der Waals surface area (Å²) >= 11 is 4.45. The van der Waals surface area contributed by atoms with Crippen LogP contribution in [0.2, 0.25) is 0 Å². The molecule has 0 amide bonds. The Balaban J connectivity index is 2.95. The van der Waals surface area contributed by atoms with E-state index >= 15 is 0 Å². The van der Waals surface area contributed by atoms with Gasteiger partial charge in [0.15, 0.2) is 5.01 Å². The third-order valence-corrected chi connectivity index (χ3v) is 2.44. The quantitative estimate of drug-likeness (QED) is 0.563. The second-order valence-corrected chi connectivity index (χ2v) is 3.21. The van der Waals surface area contributed by atoms with E-state index in [4.69, 9.17) is 0 Å². The standard InChI is InChI=1S/C6H4BrNOS/c1-2-4(9)6-8-5(7)3-10-6/h2-3H,1H2. The van der Waals surface area contributed by atoms with Crippen molar-refractivity contribution in [2.24, 2.45) is 0 Å². The Labute approximate surface area is 70.7 Å². The Kier molecular flexibility index (Phi) is 2.34. The number of carbonyl (C=O) groups excluding carboxylic acids is 1. The van der Waals surface area contributed by atoms with Gasteiger partial charge in [-0.05, 0) is 22.0 Å². The van der Waals surface area contributed by atoms with Crippen molar-refractivity contribution >= 4 is 33.0 Å². The highest BCUT2D eigenvalue weighted by Crippen LogP contribution is 2.15. The van der Waals surface area contributed by atoms with Gasteiger partial charge in [-0.1, -0.05) is 6.58 Å². The predicted molar refractivity (Wildman–Crippen MR) is 44.3 cm³/mol. The number of rotatable bonds is 2. The van der Waals surface area contributed by atoms with Gasteiger partial charge in [-0.15, -0.1) is 11.3 Å². The van der Waals surface area contributed by atoms with Gasteiger partial charge >= 0.3 is 0 Å². The Morgan fingerprint density at radius 1 is 1.90 bits per heavy atom. The first-order valence-corrected chi connectivity index (χ1v) is 4.19. The smallest absolute Gasteiger partial charge is 0.213 e. The Morgan fingerprint density at radius 3 is 3.00 bits per heavy atom. The van der Waals surface area contributed by atoms with Crippen LogP contribution >= 0.6 is 27.3 Å². The summed E-state index contributed by atoms with van der Waals surface area (Å²) in [5.41, 5.74) is 0. The van der Waals surface area contributed by atoms with Crippen LogP contribution in [0.5, 0.6) is 0 Å². The van der Waals surface area contributed by atoms with Crippen LogP contribution in [-0.2, 0) is 0 Å². The van der Waals surface area contributed by atoms with E-state index in [0.717, 1.165) is 0 Å². The first kappa shape index (κ1) is 7.63. The molecule has 1 heterocycles. The Bertz CT molecular complexity index is 268. The summed E-state index contributed by atoms with van der Waals surface area (Å²) < 4.78 is 0.697. The number of nitrogens with zero attached hydrogens (tertiary/aromatic N) is 1. The number of halogens is 1. The monoisotopic (exact) mass is 217 g/mol. The number of allylic oxidation sites excluding steroid dienone is 1. The van der Waals surface area contributed by atoms with Crippen LogP contribution in [0, 0.1) is 0 Å². The first-order valence-electron chi connectivity index (χ1n) is 2.52. The molecule has 2 nitrogen and oxygen atoms in total. The number of aromatic nitrogens is 1.